The molecule has 0 amide bonds. The van der Waals surface area contributed by atoms with E-state index in [0.717, 1.165) is 22.6 Å². The Hall–Kier alpha value is -3.98. The van der Waals surface area contributed by atoms with Crippen LogP contribution >= 0.6 is 0 Å². The van der Waals surface area contributed by atoms with Crippen molar-refractivity contribution >= 4 is 11.0 Å². The van der Waals surface area contributed by atoms with Crippen LogP contribution in [0, 0.1) is 11.3 Å². The van der Waals surface area contributed by atoms with E-state index in [-0.39, 0.29) is 11.3 Å². The van der Waals surface area contributed by atoms with Crippen LogP contribution in [-0.4, -0.2) is 21.8 Å². The van der Waals surface area contributed by atoms with Crippen LogP contribution in [0.1, 0.15) is 5.56 Å². The molecule has 0 saturated carbocycles. The molecule has 2 aromatic carbocycles. The van der Waals surface area contributed by atoms with Gasteiger partial charge in [-0.3, -0.25) is 4.79 Å². The predicted octanol–water partition coefficient (Wildman–Crippen LogP) is 3.57. The Kier molecular flexibility index (Phi) is 3.90. The molecule has 0 fully saturated rings. The van der Waals surface area contributed by atoms with E-state index < -0.39 is 5.56 Å². The maximum atomic E-state index is 11.8. The zero-order chi connectivity index (χ0) is 19.0. The highest BCUT2D eigenvalue weighted by Gasteiger charge is 2.15. The van der Waals surface area contributed by atoms with Crippen LogP contribution in [0.5, 0.6) is 11.5 Å². The monoisotopic (exact) mass is 357 g/mol. The summed E-state index contributed by atoms with van der Waals surface area (Å²) in [5.74, 6) is 0.479. The topological polar surface area (TPSA) is 91.0 Å². The molecular formula is C21H15N3O3. The van der Waals surface area contributed by atoms with Gasteiger partial charge in [0.05, 0.1) is 12.6 Å². The lowest BCUT2D eigenvalue weighted by molar-refractivity contribution is 0.415. The summed E-state index contributed by atoms with van der Waals surface area (Å²) in [5.41, 5.74) is 2.85. The van der Waals surface area contributed by atoms with Crippen molar-refractivity contribution in [3.8, 4) is 34.4 Å². The van der Waals surface area contributed by atoms with Gasteiger partial charge < -0.3 is 19.4 Å². The van der Waals surface area contributed by atoms with E-state index in [0.29, 0.717) is 11.0 Å². The van der Waals surface area contributed by atoms with Crippen molar-refractivity contribution in [3.05, 3.63) is 76.7 Å². The normalized spacial score (nSPS) is 10.7. The van der Waals surface area contributed by atoms with Crippen molar-refractivity contribution in [2.45, 2.75) is 0 Å². The number of aromatic nitrogens is 2. The lowest BCUT2D eigenvalue weighted by atomic mass is 10.1. The van der Waals surface area contributed by atoms with E-state index in [1.54, 1.807) is 30.0 Å². The summed E-state index contributed by atoms with van der Waals surface area (Å²) >= 11 is 0. The van der Waals surface area contributed by atoms with Crippen LogP contribution in [0.4, 0.5) is 0 Å². The van der Waals surface area contributed by atoms with Gasteiger partial charge in [0.1, 0.15) is 17.3 Å². The quantitative estimate of drug-likeness (QED) is 0.586. The minimum atomic E-state index is -0.602. The lowest BCUT2D eigenvalue weighted by Crippen LogP contribution is -2.10. The number of nitriles is 1. The fourth-order valence-corrected chi connectivity index (χ4v) is 3.10. The fraction of sp³-hybridized carbons (Fsp3) is 0.0476. The van der Waals surface area contributed by atoms with E-state index in [1.165, 1.54) is 0 Å². The second kappa shape index (κ2) is 6.39. The van der Waals surface area contributed by atoms with Gasteiger partial charge in [0.15, 0.2) is 11.3 Å². The van der Waals surface area contributed by atoms with Crippen LogP contribution in [0.3, 0.4) is 0 Å². The number of pyridine rings is 1. The molecular weight excluding hydrogens is 342 g/mol. The van der Waals surface area contributed by atoms with Gasteiger partial charge in [-0.25, -0.2) is 0 Å². The van der Waals surface area contributed by atoms with E-state index in [9.17, 15) is 9.90 Å². The summed E-state index contributed by atoms with van der Waals surface area (Å²) in [6, 6.07) is 19.0. The number of fused-ring (bicyclic) bond motifs is 1. The Morgan fingerprint density at radius 1 is 1.04 bits per heavy atom. The Balaban J connectivity index is 1.78. The molecule has 27 heavy (non-hydrogen) atoms. The maximum Gasteiger partial charge on any atom is 0.270 e. The Bertz CT molecular complexity index is 1230. The fourth-order valence-electron chi connectivity index (χ4n) is 3.10. The average Bonchev–Trinajstić information content (AvgIpc) is 3.12. The SMILES string of the molecule is COc1ccc(-c2ccc(-n3ccc4[nH]c(=O)c(C#N)c(O)c43)cc2)cc1. The molecule has 0 spiro atoms. The summed E-state index contributed by atoms with van der Waals surface area (Å²) in [4.78, 5) is 14.4. The molecule has 0 saturated heterocycles. The molecule has 0 bridgehead atoms. The van der Waals surface area contributed by atoms with Crippen molar-refractivity contribution < 1.29 is 9.84 Å². The largest absolute Gasteiger partial charge is 0.504 e. The number of aromatic hydroxyl groups is 1. The number of hydrogen-bond donors (Lipinski definition) is 2. The molecule has 2 N–H and O–H groups in total. The standard InChI is InChI=1S/C21H15N3O3/c1-27-16-8-4-14(5-9-16)13-2-6-15(7-3-13)24-11-10-18-19(24)20(25)17(12-22)21(26)23-18/h2-11H,1H3,(H2,23,25,26). The molecule has 2 aromatic heterocycles. The van der Waals surface area contributed by atoms with E-state index in [1.807, 2.05) is 48.5 Å². The molecule has 0 aliphatic carbocycles. The molecule has 132 valence electrons. The number of ether oxygens (including phenoxy) is 1. The second-order valence-electron chi connectivity index (χ2n) is 6.01. The molecule has 4 aromatic rings. The summed E-state index contributed by atoms with van der Waals surface area (Å²) in [5, 5.41) is 19.5. The van der Waals surface area contributed by atoms with Gasteiger partial charge in [-0.2, -0.15) is 5.26 Å². The van der Waals surface area contributed by atoms with Crippen molar-refractivity contribution in [3.63, 3.8) is 0 Å². The third-order valence-corrected chi connectivity index (χ3v) is 4.50. The third-order valence-electron chi connectivity index (χ3n) is 4.50. The second-order valence-corrected chi connectivity index (χ2v) is 6.01. The van der Waals surface area contributed by atoms with Crippen LogP contribution in [0.2, 0.25) is 0 Å². The third kappa shape index (κ3) is 2.71. The molecule has 6 heteroatoms. The summed E-state index contributed by atoms with van der Waals surface area (Å²) < 4.78 is 6.91. The number of nitrogens with zero attached hydrogens (tertiary/aromatic N) is 2. The van der Waals surface area contributed by atoms with Gasteiger partial charge in [0.25, 0.3) is 5.56 Å². The van der Waals surface area contributed by atoms with Gasteiger partial charge in [0.2, 0.25) is 0 Å². The molecule has 6 nitrogen and oxygen atoms in total. The minimum Gasteiger partial charge on any atom is -0.504 e. The van der Waals surface area contributed by atoms with E-state index in [2.05, 4.69) is 4.98 Å². The molecule has 2 heterocycles. The van der Waals surface area contributed by atoms with Crippen molar-refractivity contribution in [1.82, 2.24) is 9.55 Å². The zero-order valence-electron chi connectivity index (χ0n) is 14.4. The van der Waals surface area contributed by atoms with Crippen LogP contribution in [0.25, 0.3) is 27.8 Å². The molecule has 4 rings (SSSR count). The highest BCUT2D eigenvalue weighted by atomic mass is 16.5. The first-order chi connectivity index (χ1) is 13.1. The van der Waals surface area contributed by atoms with E-state index in [4.69, 9.17) is 10.00 Å². The van der Waals surface area contributed by atoms with Gasteiger partial charge in [-0.15, -0.1) is 0 Å². The van der Waals surface area contributed by atoms with Crippen LogP contribution in [-0.2, 0) is 0 Å². The first-order valence-corrected chi connectivity index (χ1v) is 8.23. The summed E-state index contributed by atoms with van der Waals surface area (Å²) in [6.07, 6.45) is 1.74. The Labute approximate surface area is 154 Å². The van der Waals surface area contributed by atoms with Crippen LogP contribution < -0.4 is 10.3 Å². The highest BCUT2D eigenvalue weighted by Crippen LogP contribution is 2.29. The maximum absolute atomic E-state index is 11.8. The number of H-pyrrole nitrogens is 1. The molecule has 0 radical (unpaired) electrons. The molecule has 0 aliphatic rings. The predicted molar refractivity (Wildman–Crippen MR) is 102 cm³/mol. The molecule has 0 atom stereocenters. The molecule has 0 aliphatic heterocycles. The van der Waals surface area contributed by atoms with Gasteiger partial charge in [-0.1, -0.05) is 24.3 Å². The minimum absolute atomic E-state index is 0.294. The Morgan fingerprint density at radius 2 is 1.67 bits per heavy atom. The van der Waals surface area contributed by atoms with Crippen LogP contribution in [0.15, 0.2) is 65.6 Å². The van der Waals surface area contributed by atoms with Gasteiger partial charge in [-0.05, 0) is 41.5 Å². The number of aromatic amines is 1. The lowest BCUT2D eigenvalue weighted by Gasteiger charge is -2.09. The van der Waals surface area contributed by atoms with Crippen molar-refractivity contribution in [1.29, 1.82) is 5.26 Å². The number of methoxy groups -OCH3 is 1. The van der Waals surface area contributed by atoms with Gasteiger partial charge in [0, 0.05) is 11.9 Å². The first kappa shape index (κ1) is 16.5. The number of benzene rings is 2. The zero-order valence-corrected chi connectivity index (χ0v) is 14.4. The van der Waals surface area contributed by atoms with Crippen molar-refractivity contribution in [2.24, 2.45) is 0 Å². The molecule has 0 unspecified atom stereocenters. The Morgan fingerprint density at radius 3 is 2.26 bits per heavy atom. The average molecular weight is 357 g/mol. The summed E-state index contributed by atoms with van der Waals surface area (Å²) in [7, 11) is 1.63. The number of hydrogen-bond acceptors (Lipinski definition) is 4. The van der Waals surface area contributed by atoms with E-state index >= 15 is 0 Å². The smallest absolute Gasteiger partial charge is 0.270 e. The highest BCUT2D eigenvalue weighted by molar-refractivity contribution is 5.86. The van der Waals surface area contributed by atoms with Gasteiger partial charge >= 0.3 is 0 Å². The number of nitrogens with one attached hydrogen (secondary N) is 1. The number of rotatable bonds is 3. The summed E-state index contributed by atoms with van der Waals surface area (Å²) in [6.45, 7) is 0. The first-order valence-electron chi connectivity index (χ1n) is 8.23. The van der Waals surface area contributed by atoms with Crippen molar-refractivity contribution in [2.75, 3.05) is 7.11 Å².